The van der Waals surface area contributed by atoms with Gasteiger partial charge in [0.1, 0.15) is 0 Å². The molecule has 0 bridgehead atoms. The predicted molar refractivity (Wildman–Crippen MR) is 90.0 cm³/mol. The minimum atomic E-state index is -0.201. The molecule has 0 spiro atoms. The predicted octanol–water partition coefficient (Wildman–Crippen LogP) is 3.82. The summed E-state index contributed by atoms with van der Waals surface area (Å²) in [5.74, 6) is 1.01. The van der Waals surface area contributed by atoms with Crippen LogP contribution in [0.15, 0.2) is 53.4 Å². The van der Waals surface area contributed by atoms with Crippen LogP contribution in [-0.4, -0.2) is 25.4 Å². The number of hydrogen-bond acceptors (Lipinski definition) is 4. The highest BCUT2D eigenvalue weighted by atomic mass is 32.2. The Morgan fingerprint density at radius 2 is 1.68 bits per heavy atom. The van der Waals surface area contributed by atoms with E-state index in [1.165, 1.54) is 0 Å². The maximum Gasteiger partial charge on any atom is 0.262 e. The van der Waals surface area contributed by atoms with Crippen LogP contribution in [0.4, 0.5) is 5.69 Å². The molecule has 2 aromatic rings. The second kappa shape index (κ2) is 8.34. The molecule has 4 nitrogen and oxygen atoms in total. The van der Waals surface area contributed by atoms with Crippen molar-refractivity contribution in [1.29, 1.82) is 0 Å². The summed E-state index contributed by atoms with van der Waals surface area (Å²) in [6.07, 6.45) is 1.97. The summed E-state index contributed by atoms with van der Waals surface area (Å²) in [5.41, 5.74) is 0.793. The Morgan fingerprint density at radius 3 is 2.36 bits per heavy atom. The number of carbonyl (C=O) groups excluding carboxylic acids is 1. The summed E-state index contributed by atoms with van der Waals surface area (Å²) < 4.78 is 11.0. The molecule has 0 aromatic heterocycles. The van der Waals surface area contributed by atoms with Gasteiger partial charge >= 0.3 is 0 Å². The smallest absolute Gasteiger partial charge is 0.262 e. The van der Waals surface area contributed by atoms with E-state index in [0.717, 1.165) is 10.6 Å². The molecule has 0 fully saturated rings. The van der Waals surface area contributed by atoms with Crippen LogP contribution in [0.3, 0.4) is 0 Å². The molecule has 0 heterocycles. The lowest BCUT2D eigenvalue weighted by Crippen LogP contribution is -2.20. The van der Waals surface area contributed by atoms with Crippen molar-refractivity contribution in [3.8, 4) is 11.5 Å². The van der Waals surface area contributed by atoms with Gasteiger partial charge in [0, 0.05) is 4.90 Å². The van der Waals surface area contributed by atoms with E-state index in [2.05, 4.69) is 5.32 Å². The molecule has 0 aliphatic heterocycles. The Labute approximate surface area is 134 Å². The van der Waals surface area contributed by atoms with Crippen LogP contribution in [-0.2, 0) is 4.79 Å². The maximum absolute atomic E-state index is 12.0. The van der Waals surface area contributed by atoms with Crippen molar-refractivity contribution in [2.75, 3.05) is 24.8 Å². The highest BCUT2D eigenvalue weighted by molar-refractivity contribution is 7.98. The van der Waals surface area contributed by atoms with E-state index in [0.29, 0.717) is 18.1 Å². The molecule has 22 heavy (non-hydrogen) atoms. The van der Waals surface area contributed by atoms with Gasteiger partial charge in [-0.25, -0.2) is 0 Å². The van der Waals surface area contributed by atoms with Gasteiger partial charge in [-0.3, -0.25) is 4.79 Å². The first kappa shape index (κ1) is 16.2. The Bertz CT molecular complexity index is 631. The largest absolute Gasteiger partial charge is 0.490 e. The number of benzene rings is 2. The Balaban J connectivity index is 1.96. The van der Waals surface area contributed by atoms with Crippen molar-refractivity contribution in [2.24, 2.45) is 0 Å². The zero-order valence-electron chi connectivity index (χ0n) is 12.7. The molecule has 0 radical (unpaired) electrons. The number of amides is 1. The minimum Gasteiger partial charge on any atom is -0.490 e. The average molecular weight is 317 g/mol. The van der Waals surface area contributed by atoms with Crippen LogP contribution in [0.2, 0.25) is 0 Å². The van der Waals surface area contributed by atoms with Crippen molar-refractivity contribution in [3.05, 3.63) is 48.5 Å². The van der Waals surface area contributed by atoms with Gasteiger partial charge in [0.15, 0.2) is 18.1 Å². The average Bonchev–Trinajstić information content (AvgIpc) is 2.55. The summed E-state index contributed by atoms with van der Waals surface area (Å²) in [7, 11) is 0. The highest BCUT2D eigenvalue weighted by Crippen LogP contribution is 2.27. The Kier molecular flexibility index (Phi) is 6.15. The van der Waals surface area contributed by atoms with Gasteiger partial charge in [-0.15, -0.1) is 11.8 Å². The Morgan fingerprint density at radius 1 is 1.05 bits per heavy atom. The second-order valence-electron chi connectivity index (χ2n) is 4.42. The molecular formula is C17H19NO3S. The van der Waals surface area contributed by atoms with Crippen LogP contribution >= 0.6 is 11.8 Å². The van der Waals surface area contributed by atoms with E-state index in [4.69, 9.17) is 9.47 Å². The SMILES string of the molecule is CCOc1ccccc1OCC(=O)Nc1ccccc1SC. The van der Waals surface area contributed by atoms with Crippen molar-refractivity contribution in [1.82, 2.24) is 0 Å². The third kappa shape index (κ3) is 4.43. The molecule has 1 amide bonds. The number of thioether (sulfide) groups is 1. The fourth-order valence-electron chi connectivity index (χ4n) is 1.92. The topological polar surface area (TPSA) is 47.6 Å². The van der Waals surface area contributed by atoms with E-state index in [1.54, 1.807) is 17.8 Å². The number of nitrogens with one attached hydrogen (secondary N) is 1. The van der Waals surface area contributed by atoms with Crippen LogP contribution in [0.5, 0.6) is 11.5 Å². The lowest BCUT2D eigenvalue weighted by molar-refractivity contribution is -0.118. The number of para-hydroxylation sites is 3. The Hall–Kier alpha value is -2.14. The number of hydrogen-bond donors (Lipinski definition) is 1. The first-order valence-corrected chi connectivity index (χ1v) is 8.24. The molecule has 0 saturated heterocycles. The lowest BCUT2D eigenvalue weighted by atomic mass is 10.3. The molecule has 0 aliphatic rings. The van der Waals surface area contributed by atoms with E-state index >= 15 is 0 Å². The van der Waals surface area contributed by atoms with Gasteiger partial charge in [-0.05, 0) is 37.4 Å². The summed E-state index contributed by atoms with van der Waals surface area (Å²) in [6.45, 7) is 2.39. The molecule has 2 rings (SSSR count). The van der Waals surface area contributed by atoms with Gasteiger partial charge in [-0.2, -0.15) is 0 Å². The molecular weight excluding hydrogens is 298 g/mol. The summed E-state index contributed by atoms with van der Waals surface area (Å²) in [5, 5.41) is 2.86. The van der Waals surface area contributed by atoms with Gasteiger partial charge in [0.05, 0.1) is 12.3 Å². The standard InChI is InChI=1S/C17H19NO3S/c1-3-20-14-9-5-6-10-15(14)21-12-17(19)18-13-8-4-7-11-16(13)22-2/h4-11H,3,12H2,1-2H3,(H,18,19). The van der Waals surface area contributed by atoms with Gasteiger partial charge in [0.2, 0.25) is 0 Å². The normalized spacial score (nSPS) is 10.1. The molecule has 1 N–H and O–H groups in total. The minimum absolute atomic E-state index is 0.0627. The zero-order chi connectivity index (χ0) is 15.8. The number of rotatable bonds is 7. The van der Waals surface area contributed by atoms with Crippen LogP contribution in [0.25, 0.3) is 0 Å². The fraction of sp³-hybridized carbons (Fsp3) is 0.235. The number of carbonyl (C=O) groups is 1. The molecule has 116 valence electrons. The summed E-state index contributed by atoms with van der Waals surface area (Å²) in [4.78, 5) is 13.1. The van der Waals surface area contributed by atoms with Gasteiger partial charge in [0.25, 0.3) is 5.91 Å². The molecule has 0 saturated carbocycles. The van der Waals surface area contributed by atoms with Gasteiger partial charge < -0.3 is 14.8 Å². The third-order valence-electron chi connectivity index (χ3n) is 2.89. The fourth-order valence-corrected chi connectivity index (χ4v) is 2.48. The highest BCUT2D eigenvalue weighted by Gasteiger charge is 2.09. The zero-order valence-corrected chi connectivity index (χ0v) is 13.5. The second-order valence-corrected chi connectivity index (χ2v) is 5.26. The van der Waals surface area contributed by atoms with Crippen molar-refractivity contribution in [2.45, 2.75) is 11.8 Å². The summed E-state index contributed by atoms with van der Waals surface area (Å²) in [6, 6.07) is 15.0. The molecule has 5 heteroatoms. The van der Waals surface area contributed by atoms with Crippen LogP contribution in [0, 0.1) is 0 Å². The lowest BCUT2D eigenvalue weighted by Gasteiger charge is -2.12. The molecule has 0 unspecified atom stereocenters. The van der Waals surface area contributed by atoms with Crippen molar-refractivity contribution >= 4 is 23.4 Å². The molecule has 2 aromatic carbocycles. The van der Waals surface area contributed by atoms with Crippen LogP contribution < -0.4 is 14.8 Å². The van der Waals surface area contributed by atoms with E-state index in [1.807, 2.05) is 55.6 Å². The van der Waals surface area contributed by atoms with Gasteiger partial charge in [-0.1, -0.05) is 24.3 Å². The van der Waals surface area contributed by atoms with Crippen LogP contribution in [0.1, 0.15) is 6.92 Å². The summed E-state index contributed by atoms with van der Waals surface area (Å²) >= 11 is 1.59. The van der Waals surface area contributed by atoms with E-state index < -0.39 is 0 Å². The number of ether oxygens (including phenoxy) is 2. The first-order valence-electron chi connectivity index (χ1n) is 7.02. The quantitative estimate of drug-likeness (QED) is 0.789. The van der Waals surface area contributed by atoms with Crippen molar-refractivity contribution < 1.29 is 14.3 Å². The molecule has 0 aliphatic carbocycles. The number of anilines is 1. The first-order chi connectivity index (χ1) is 10.7. The van der Waals surface area contributed by atoms with E-state index in [9.17, 15) is 4.79 Å². The third-order valence-corrected chi connectivity index (χ3v) is 3.68. The monoisotopic (exact) mass is 317 g/mol. The van der Waals surface area contributed by atoms with Crippen molar-refractivity contribution in [3.63, 3.8) is 0 Å². The maximum atomic E-state index is 12.0. The molecule has 0 atom stereocenters. The van der Waals surface area contributed by atoms with E-state index in [-0.39, 0.29) is 12.5 Å².